The van der Waals surface area contributed by atoms with Crippen LogP contribution in [0.15, 0.2) is 41.8 Å². The van der Waals surface area contributed by atoms with Gasteiger partial charge < -0.3 is 19.6 Å². The van der Waals surface area contributed by atoms with Gasteiger partial charge in [0.2, 0.25) is 5.91 Å². The van der Waals surface area contributed by atoms with Gasteiger partial charge in [-0.05, 0) is 19.1 Å². The number of aliphatic hydroxyl groups excluding tert-OH is 1. The standard InChI is InChI=1S/C21H25N5O3S/c1-14-6-23-7-19(24-14)25-9-18-16(10-27)17-8-26(13-21(17,12-25)29-18)20(28)11-30-15-2-4-22-5-3-15/h2-7,16-18,27H,8-13H2,1H3/t16-,17+,18+,21+/m0/s1. The monoisotopic (exact) mass is 427 g/mol. The highest BCUT2D eigenvalue weighted by Crippen LogP contribution is 2.49. The molecule has 1 spiro atoms. The number of rotatable bonds is 5. The first-order valence-corrected chi connectivity index (χ1v) is 11.2. The molecular weight excluding hydrogens is 402 g/mol. The number of thioether (sulfide) groups is 1. The lowest BCUT2D eigenvalue weighted by atomic mass is 9.83. The summed E-state index contributed by atoms with van der Waals surface area (Å²) in [4.78, 5) is 31.0. The maximum absolute atomic E-state index is 12.9. The summed E-state index contributed by atoms with van der Waals surface area (Å²) >= 11 is 1.52. The Balaban J connectivity index is 1.32. The molecule has 4 atom stereocenters. The van der Waals surface area contributed by atoms with Gasteiger partial charge in [0, 0.05) is 55.0 Å². The van der Waals surface area contributed by atoms with Gasteiger partial charge in [-0.15, -0.1) is 11.8 Å². The molecule has 0 aliphatic carbocycles. The molecule has 2 bridgehead atoms. The predicted octanol–water partition coefficient (Wildman–Crippen LogP) is 0.997. The average molecular weight is 428 g/mol. The lowest BCUT2D eigenvalue weighted by Gasteiger charge is -2.40. The van der Waals surface area contributed by atoms with E-state index in [-0.39, 0.29) is 30.5 Å². The summed E-state index contributed by atoms with van der Waals surface area (Å²) in [6, 6.07) is 3.82. The quantitative estimate of drug-likeness (QED) is 0.707. The maximum atomic E-state index is 12.9. The number of fused-ring (bicyclic) bond motifs is 1. The maximum Gasteiger partial charge on any atom is 0.233 e. The number of hydrogen-bond donors (Lipinski definition) is 1. The van der Waals surface area contributed by atoms with Crippen LogP contribution in [0.5, 0.6) is 0 Å². The molecule has 158 valence electrons. The number of ether oxygens (including phenoxy) is 1. The SMILES string of the molecule is Cc1cncc(N2C[C@H]3O[C@@]4(CN(C(=O)CSc5ccncc5)C[C@@H]4[C@@H]3CO)C2)n1. The highest BCUT2D eigenvalue weighted by molar-refractivity contribution is 8.00. The molecule has 2 aromatic rings. The highest BCUT2D eigenvalue weighted by atomic mass is 32.2. The number of carbonyl (C=O) groups excluding carboxylic acids is 1. The number of aryl methyl sites for hydroxylation is 1. The van der Waals surface area contributed by atoms with Crippen molar-refractivity contribution in [3.8, 4) is 0 Å². The van der Waals surface area contributed by atoms with Gasteiger partial charge in [0.15, 0.2) is 0 Å². The summed E-state index contributed by atoms with van der Waals surface area (Å²) in [5.41, 5.74) is 0.411. The van der Waals surface area contributed by atoms with Gasteiger partial charge in [-0.3, -0.25) is 14.8 Å². The minimum Gasteiger partial charge on any atom is -0.396 e. The first kappa shape index (κ1) is 19.7. The van der Waals surface area contributed by atoms with E-state index in [1.54, 1.807) is 24.8 Å². The third-order valence-corrected chi connectivity index (χ3v) is 7.43. The molecule has 9 heteroatoms. The number of anilines is 1. The van der Waals surface area contributed by atoms with Crippen molar-refractivity contribution in [2.75, 3.05) is 43.4 Å². The normalized spacial score (nSPS) is 29.9. The van der Waals surface area contributed by atoms with Crippen molar-refractivity contribution < 1.29 is 14.6 Å². The van der Waals surface area contributed by atoms with E-state index in [1.165, 1.54) is 11.8 Å². The zero-order valence-electron chi connectivity index (χ0n) is 16.8. The molecule has 0 unspecified atom stereocenters. The number of nitrogens with zero attached hydrogens (tertiary/aromatic N) is 5. The lowest BCUT2D eigenvalue weighted by Crippen LogP contribution is -2.55. The van der Waals surface area contributed by atoms with Crippen LogP contribution < -0.4 is 4.90 Å². The second kappa shape index (κ2) is 7.79. The molecule has 5 rings (SSSR count). The largest absolute Gasteiger partial charge is 0.396 e. The molecule has 3 fully saturated rings. The van der Waals surface area contributed by atoms with E-state index in [4.69, 9.17) is 4.74 Å². The smallest absolute Gasteiger partial charge is 0.233 e. The van der Waals surface area contributed by atoms with Crippen LogP contribution in [0, 0.1) is 18.8 Å². The van der Waals surface area contributed by atoms with Crippen molar-refractivity contribution >= 4 is 23.5 Å². The Morgan fingerprint density at radius 1 is 1.27 bits per heavy atom. The van der Waals surface area contributed by atoms with Crippen molar-refractivity contribution in [2.24, 2.45) is 11.8 Å². The van der Waals surface area contributed by atoms with Crippen LogP contribution in [-0.4, -0.2) is 81.1 Å². The molecular formula is C21H25N5O3S. The Hall–Kier alpha value is -2.23. The van der Waals surface area contributed by atoms with Crippen LogP contribution in [0.3, 0.4) is 0 Å². The topological polar surface area (TPSA) is 91.7 Å². The minimum atomic E-state index is -0.460. The summed E-state index contributed by atoms with van der Waals surface area (Å²) in [5, 5.41) is 10.1. The summed E-state index contributed by atoms with van der Waals surface area (Å²) in [5.74, 6) is 1.47. The minimum absolute atomic E-state index is 0.0263. The zero-order chi connectivity index (χ0) is 20.7. The molecule has 0 radical (unpaired) electrons. The van der Waals surface area contributed by atoms with Crippen LogP contribution in [0.4, 0.5) is 5.82 Å². The van der Waals surface area contributed by atoms with Crippen molar-refractivity contribution in [3.63, 3.8) is 0 Å². The first-order valence-electron chi connectivity index (χ1n) is 10.2. The Morgan fingerprint density at radius 3 is 2.87 bits per heavy atom. The Labute approximate surface area is 179 Å². The summed E-state index contributed by atoms with van der Waals surface area (Å²) in [6.45, 7) is 4.52. The number of hydrogen-bond acceptors (Lipinski definition) is 8. The van der Waals surface area contributed by atoms with Gasteiger partial charge in [-0.2, -0.15) is 0 Å². The van der Waals surface area contributed by atoms with E-state index in [1.807, 2.05) is 24.0 Å². The van der Waals surface area contributed by atoms with Crippen LogP contribution >= 0.6 is 11.8 Å². The molecule has 8 nitrogen and oxygen atoms in total. The van der Waals surface area contributed by atoms with E-state index in [0.717, 1.165) is 16.4 Å². The highest BCUT2D eigenvalue weighted by Gasteiger charge is 2.63. The number of morpholine rings is 1. The van der Waals surface area contributed by atoms with E-state index >= 15 is 0 Å². The van der Waals surface area contributed by atoms with Gasteiger partial charge in [0.1, 0.15) is 11.4 Å². The number of aromatic nitrogens is 3. The van der Waals surface area contributed by atoms with Crippen LogP contribution in [0.1, 0.15) is 5.69 Å². The number of carbonyl (C=O) groups is 1. The van der Waals surface area contributed by atoms with E-state index < -0.39 is 5.60 Å². The van der Waals surface area contributed by atoms with Gasteiger partial charge in [-0.25, -0.2) is 4.98 Å². The fourth-order valence-corrected chi connectivity index (χ4v) is 5.86. The molecule has 3 aliphatic heterocycles. The van der Waals surface area contributed by atoms with Crippen molar-refractivity contribution in [2.45, 2.75) is 23.5 Å². The molecule has 3 aliphatic rings. The molecule has 0 aromatic carbocycles. The fraction of sp³-hybridized carbons (Fsp3) is 0.524. The molecule has 0 saturated carbocycles. The van der Waals surface area contributed by atoms with Gasteiger partial charge in [-0.1, -0.05) is 0 Å². The summed E-state index contributed by atoms with van der Waals surface area (Å²) in [6.07, 6.45) is 6.93. The molecule has 2 aromatic heterocycles. The Morgan fingerprint density at radius 2 is 2.10 bits per heavy atom. The molecule has 1 N–H and O–H groups in total. The zero-order valence-corrected chi connectivity index (χ0v) is 17.7. The first-order chi connectivity index (χ1) is 14.6. The van der Waals surface area contributed by atoms with E-state index in [9.17, 15) is 9.90 Å². The van der Waals surface area contributed by atoms with E-state index in [0.29, 0.717) is 31.9 Å². The van der Waals surface area contributed by atoms with Gasteiger partial charge in [0.05, 0.1) is 36.8 Å². The molecule has 30 heavy (non-hydrogen) atoms. The number of aliphatic hydroxyl groups is 1. The Kier molecular flexibility index (Phi) is 5.12. The number of pyridine rings is 1. The Bertz CT molecular complexity index is 932. The van der Waals surface area contributed by atoms with Crippen molar-refractivity contribution in [1.82, 2.24) is 19.9 Å². The second-order valence-corrected chi connectivity index (χ2v) is 9.37. The molecule has 3 saturated heterocycles. The summed E-state index contributed by atoms with van der Waals surface area (Å²) < 4.78 is 6.48. The van der Waals surface area contributed by atoms with Gasteiger partial charge in [0.25, 0.3) is 0 Å². The second-order valence-electron chi connectivity index (χ2n) is 8.32. The fourth-order valence-electron chi connectivity index (χ4n) is 5.07. The van der Waals surface area contributed by atoms with Gasteiger partial charge >= 0.3 is 0 Å². The third-order valence-electron chi connectivity index (χ3n) is 6.43. The van der Waals surface area contributed by atoms with Crippen molar-refractivity contribution in [3.05, 3.63) is 42.6 Å². The number of likely N-dealkylation sites (tertiary alicyclic amines) is 1. The number of amides is 1. The van der Waals surface area contributed by atoms with Crippen LogP contribution in [0.2, 0.25) is 0 Å². The van der Waals surface area contributed by atoms with E-state index in [2.05, 4.69) is 19.9 Å². The average Bonchev–Trinajstić information content (AvgIpc) is 3.20. The van der Waals surface area contributed by atoms with Crippen LogP contribution in [-0.2, 0) is 9.53 Å². The molecule has 1 amide bonds. The van der Waals surface area contributed by atoms with Crippen molar-refractivity contribution in [1.29, 1.82) is 0 Å². The molecule has 5 heterocycles. The third kappa shape index (κ3) is 3.44. The predicted molar refractivity (Wildman–Crippen MR) is 112 cm³/mol. The lowest BCUT2D eigenvalue weighted by molar-refractivity contribution is -0.130. The summed E-state index contributed by atoms with van der Waals surface area (Å²) in [7, 11) is 0. The van der Waals surface area contributed by atoms with Crippen LogP contribution in [0.25, 0.3) is 0 Å².